The van der Waals surface area contributed by atoms with Gasteiger partial charge in [-0.15, -0.1) is 11.3 Å². The van der Waals surface area contributed by atoms with Gasteiger partial charge in [-0.2, -0.15) is 18.2 Å². The first-order valence-electron chi connectivity index (χ1n) is 8.37. The maximum absolute atomic E-state index is 12.8. The Labute approximate surface area is 152 Å². The number of hydrogen-bond acceptors (Lipinski definition) is 5. The highest BCUT2D eigenvalue weighted by atomic mass is 32.1. The molecule has 0 spiro atoms. The zero-order valence-electron chi connectivity index (χ0n) is 14.4. The fraction of sp³-hybridized carbons (Fsp3) is 0.588. The van der Waals surface area contributed by atoms with E-state index in [2.05, 4.69) is 9.97 Å². The normalized spacial score (nSPS) is 21.1. The number of carboxylic acids is 1. The van der Waals surface area contributed by atoms with Gasteiger partial charge in [0.25, 0.3) is 0 Å². The maximum Gasteiger partial charge on any atom is 0.391 e. The summed E-state index contributed by atoms with van der Waals surface area (Å²) < 4.78 is 44.1. The average molecular weight is 388 g/mol. The van der Waals surface area contributed by atoms with Crippen molar-refractivity contribution in [3.05, 3.63) is 16.3 Å². The first kappa shape index (κ1) is 18.9. The third-order valence-corrected chi connectivity index (χ3v) is 6.00. The minimum Gasteiger partial charge on any atom is -0.477 e. The lowest BCUT2D eigenvalue weighted by molar-refractivity contribution is -0.184. The van der Waals surface area contributed by atoms with Crippen molar-refractivity contribution in [3.63, 3.8) is 0 Å². The van der Waals surface area contributed by atoms with Crippen LogP contribution in [0.3, 0.4) is 0 Å². The molecule has 0 radical (unpaired) electrons. The first-order chi connectivity index (χ1) is 12.2. The van der Waals surface area contributed by atoms with Crippen LogP contribution in [-0.4, -0.2) is 33.8 Å². The second-order valence-corrected chi connectivity index (χ2v) is 7.69. The SMILES string of the molecule is Cc1nc(OC[C@H]2CC[C@H](C(F)(F)F)CC2)c2c(C)c(C(=O)O)sc2n1. The van der Waals surface area contributed by atoms with E-state index < -0.39 is 18.1 Å². The quantitative estimate of drug-likeness (QED) is 0.818. The number of thiophene rings is 1. The Morgan fingerprint density at radius 2 is 1.88 bits per heavy atom. The highest BCUT2D eigenvalue weighted by Gasteiger charge is 2.41. The van der Waals surface area contributed by atoms with Crippen LogP contribution in [-0.2, 0) is 0 Å². The zero-order chi connectivity index (χ0) is 19.1. The van der Waals surface area contributed by atoms with E-state index in [1.54, 1.807) is 13.8 Å². The molecule has 0 atom stereocenters. The van der Waals surface area contributed by atoms with Gasteiger partial charge in [0.05, 0.1) is 17.9 Å². The predicted octanol–water partition coefficient (Wildman–Crippen LogP) is 4.75. The number of rotatable bonds is 4. The summed E-state index contributed by atoms with van der Waals surface area (Å²) in [5.41, 5.74) is 0.549. The molecule has 2 aromatic heterocycles. The van der Waals surface area contributed by atoms with Gasteiger partial charge in [0.15, 0.2) is 0 Å². The summed E-state index contributed by atoms with van der Waals surface area (Å²) in [6.45, 7) is 3.65. The van der Waals surface area contributed by atoms with Crippen LogP contribution in [0.15, 0.2) is 0 Å². The molecule has 142 valence electrons. The molecule has 0 saturated heterocycles. The lowest BCUT2D eigenvalue weighted by Gasteiger charge is -2.29. The molecular weight excluding hydrogens is 369 g/mol. The van der Waals surface area contributed by atoms with E-state index in [1.807, 2.05) is 0 Å². The summed E-state index contributed by atoms with van der Waals surface area (Å²) in [5.74, 6) is -1.43. The number of hydrogen-bond donors (Lipinski definition) is 1. The number of aromatic nitrogens is 2. The number of nitrogens with zero attached hydrogens (tertiary/aromatic N) is 2. The van der Waals surface area contributed by atoms with Crippen LogP contribution in [0.1, 0.15) is 46.7 Å². The van der Waals surface area contributed by atoms with Gasteiger partial charge in [0.1, 0.15) is 15.5 Å². The second-order valence-electron chi connectivity index (χ2n) is 6.69. The Morgan fingerprint density at radius 3 is 2.46 bits per heavy atom. The molecule has 1 saturated carbocycles. The molecule has 0 unspecified atom stereocenters. The summed E-state index contributed by atoms with van der Waals surface area (Å²) in [5, 5.41) is 9.85. The Balaban J connectivity index is 1.74. The van der Waals surface area contributed by atoms with Crippen LogP contribution >= 0.6 is 11.3 Å². The van der Waals surface area contributed by atoms with Crippen LogP contribution in [0.5, 0.6) is 5.88 Å². The third-order valence-electron chi connectivity index (χ3n) is 4.83. The fourth-order valence-electron chi connectivity index (χ4n) is 3.37. The molecule has 1 aliphatic rings. The van der Waals surface area contributed by atoms with E-state index in [0.717, 1.165) is 11.3 Å². The van der Waals surface area contributed by atoms with Gasteiger partial charge in [0.2, 0.25) is 5.88 Å². The van der Waals surface area contributed by atoms with Crippen molar-refractivity contribution < 1.29 is 27.8 Å². The summed E-state index contributed by atoms with van der Waals surface area (Å²) in [4.78, 5) is 20.6. The van der Waals surface area contributed by atoms with Crippen LogP contribution in [0.4, 0.5) is 13.2 Å². The molecule has 26 heavy (non-hydrogen) atoms. The Morgan fingerprint density at radius 1 is 1.23 bits per heavy atom. The summed E-state index contributed by atoms with van der Waals surface area (Å²) in [6, 6.07) is 0. The monoisotopic (exact) mass is 388 g/mol. The lowest BCUT2D eigenvalue weighted by atomic mass is 9.82. The van der Waals surface area contributed by atoms with Crippen molar-refractivity contribution in [3.8, 4) is 5.88 Å². The number of fused-ring (bicyclic) bond motifs is 1. The number of carboxylic acid groups (broad SMARTS) is 1. The molecule has 3 rings (SSSR count). The zero-order valence-corrected chi connectivity index (χ0v) is 15.2. The van der Waals surface area contributed by atoms with Crippen molar-refractivity contribution in [1.82, 2.24) is 9.97 Å². The van der Waals surface area contributed by atoms with Gasteiger partial charge in [-0.25, -0.2) is 9.78 Å². The third kappa shape index (κ3) is 3.77. The summed E-state index contributed by atoms with van der Waals surface area (Å²) >= 11 is 1.07. The van der Waals surface area contributed by atoms with Gasteiger partial charge in [0, 0.05) is 0 Å². The van der Waals surface area contributed by atoms with E-state index in [9.17, 15) is 23.1 Å². The minimum atomic E-state index is -4.12. The molecule has 9 heteroatoms. The molecule has 0 aliphatic heterocycles. The number of halogens is 3. The van der Waals surface area contributed by atoms with E-state index in [0.29, 0.717) is 40.3 Å². The maximum atomic E-state index is 12.8. The Hall–Kier alpha value is -1.90. The van der Waals surface area contributed by atoms with E-state index >= 15 is 0 Å². The van der Waals surface area contributed by atoms with Crippen LogP contribution < -0.4 is 4.74 Å². The molecular formula is C17H19F3N2O3S. The largest absolute Gasteiger partial charge is 0.477 e. The minimum absolute atomic E-state index is 0.0387. The topological polar surface area (TPSA) is 72.3 Å². The van der Waals surface area contributed by atoms with Crippen molar-refractivity contribution in [2.45, 2.75) is 45.7 Å². The predicted molar refractivity (Wildman–Crippen MR) is 90.8 cm³/mol. The molecule has 0 amide bonds. The number of carbonyl (C=O) groups is 1. The number of aryl methyl sites for hydroxylation is 2. The van der Waals surface area contributed by atoms with Crippen LogP contribution in [0, 0.1) is 25.7 Å². The van der Waals surface area contributed by atoms with Crippen molar-refractivity contribution in [2.75, 3.05) is 6.61 Å². The number of aromatic carboxylic acids is 1. The molecule has 0 aromatic carbocycles. The van der Waals surface area contributed by atoms with Crippen LogP contribution in [0.2, 0.25) is 0 Å². The smallest absolute Gasteiger partial charge is 0.391 e. The van der Waals surface area contributed by atoms with Gasteiger partial charge in [-0.05, 0) is 51.0 Å². The summed E-state index contributed by atoms with van der Waals surface area (Å²) in [7, 11) is 0. The molecule has 2 aromatic rings. The molecule has 1 fully saturated rings. The molecule has 0 bridgehead atoms. The highest BCUT2D eigenvalue weighted by molar-refractivity contribution is 7.20. The van der Waals surface area contributed by atoms with Crippen molar-refractivity contribution in [1.29, 1.82) is 0 Å². The highest BCUT2D eigenvalue weighted by Crippen LogP contribution is 2.40. The second kappa shape index (κ2) is 7.02. The number of alkyl halides is 3. The average Bonchev–Trinajstić information content (AvgIpc) is 2.89. The van der Waals surface area contributed by atoms with Gasteiger partial charge >= 0.3 is 12.1 Å². The molecule has 2 heterocycles. The lowest BCUT2D eigenvalue weighted by Crippen LogP contribution is -2.29. The van der Waals surface area contributed by atoms with E-state index in [4.69, 9.17) is 4.74 Å². The van der Waals surface area contributed by atoms with Gasteiger partial charge in [-0.3, -0.25) is 0 Å². The first-order valence-corrected chi connectivity index (χ1v) is 9.19. The van der Waals surface area contributed by atoms with Gasteiger partial charge < -0.3 is 9.84 Å². The van der Waals surface area contributed by atoms with E-state index in [-0.39, 0.29) is 30.2 Å². The molecule has 1 aliphatic carbocycles. The van der Waals surface area contributed by atoms with Crippen molar-refractivity contribution >= 4 is 27.5 Å². The fourth-order valence-corrected chi connectivity index (χ4v) is 4.42. The standard InChI is InChI=1S/C17H19F3N2O3S/c1-8-12-14(21-9(2)22-15(12)26-13(8)16(23)24)25-7-10-3-5-11(6-4-10)17(18,19)20/h10-11H,3-7H2,1-2H3,(H,23,24)/t10-,11-. The Bertz CT molecular complexity index is 827. The summed E-state index contributed by atoms with van der Waals surface area (Å²) in [6.07, 6.45) is -2.96. The molecule has 5 nitrogen and oxygen atoms in total. The Kier molecular flexibility index (Phi) is 5.09. The van der Waals surface area contributed by atoms with Crippen LogP contribution in [0.25, 0.3) is 10.2 Å². The molecule has 1 N–H and O–H groups in total. The van der Waals surface area contributed by atoms with Gasteiger partial charge in [-0.1, -0.05) is 0 Å². The van der Waals surface area contributed by atoms with Crippen molar-refractivity contribution in [2.24, 2.45) is 11.8 Å². The van der Waals surface area contributed by atoms with E-state index in [1.165, 1.54) is 0 Å². The number of ether oxygens (including phenoxy) is 1.